The summed E-state index contributed by atoms with van der Waals surface area (Å²) in [7, 11) is 0. The minimum Gasteiger partial charge on any atom is -0.454 e. The Kier molecular flexibility index (Phi) is 6.43. The summed E-state index contributed by atoms with van der Waals surface area (Å²) in [6.07, 6.45) is -4.58. The van der Waals surface area contributed by atoms with Crippen LogP contribution in [0.4, 0.5) is 36.4 Å². The second-order valence-corrected chi connectivity index (χ2v) is 7.09. The molecule has 0 spiro atoms. The normalized spacial score (nSPS) is 14.1. The number of nitrogens with zero attached hydrogens (tertiary/aromatic N) is 3. The predicted octanol–water partition coefficient (Wildman–Crippen LogP) is 2.77. The van der Waals surface area contributed by atoms with Crippen molar-refractivity contribution >= 4 is 35.1 Å². The summed E-state index contributed by atoms with van der Waals surface area (Å²) < 4.78 is 42.5. The third-order valence-corrected chi connectivity index (χ3v) is 4.48. The predicted molar refractivity (Wildman–Crippen MR) is 115 cm³/mol. The van der Waals surface area contributed by atoms with Crippen molar-refractivity contribution < 1.29 is 27.5 Å². The first-order chi connectivity index (χ1) is 16.2. The van der Waals surface area contributed by atoms with Crippen LogP contribution in [0.3, 0.4) is 0 Å². The average Bonchev–Trinajstić information content (AvgIpc) is 2.80. The first-order valence-electron chi connectivity index (χ1n) is 10.0. The fourth-order valence-corrected chi connectivity index (χ4v) is 2.90. The van der Waals surface area contributed by atoms with Gasteiger partial charge in [0.25, 0.3) is 11.8 Å². The number of hydrogen-bond donors (Lipinski definition) is 4. The molecule has 1 aromatic heterocycles. The lowest BCUT2D eigenvalue weighted by Crippen LogP contribution is -2.34. The molecular formula is C21H18F3N7O3. The van der Waals surface area contributed by atoms with Crippen molar-refractivity contribution in [2.75, 3.05) is 30.3 Å². The number of aromatic nitrogens is 3. The molecule has 13 heteroatoms. The third-order valence-electron chi connectivity index (χ3n) is 4.48. The Morgan fingerprint density at radius 2 is 1.18 bits per heavy atom. The number of rotatable bonds is 2. The number of carbonyl (C=O) groups excluding carboxylic acids is 2. The van der Waals surface area contributed by atoms with Gasteiger partial charge >= 0.3 is 12.2 Å². The van der Waals surface area contributed by atoms with E-state index in [1.54, 1.807) is 48.5 Å². The van der Waals surface area contributed by atoms with E-state index in [-0.39, 0.29) is 36.8 Å². The molecule has 0 saturated carbocycles. The number of anilines is 4. The van der Waals surface area contributed by atoms with Gasteiger partial charge < -0.3 is 26.0 Å². The van der Waals surface area contributed by atoms with Gasteiger partial charge in [0.1, 0.15) is 0 Å². The Hall–Kier alpha value is -4.42. The van der Waals surface area contributed by atoms with Crippen LogP contribution in [-0.4, -0.2) is 52.6 Å². The monoisotopic (exact) mass is 473 g/mol. The Labute approximate surface area is 191 Å². The van der Waals surface area contributed by atoms with E-state index in [4.69, 9.17) is 4.74 Å². The fourth-order valence-electron chi connectivity index (χ4n) is 2.90. The van der Waals surface area contributed by atoms with Crippen molar-refractivity contribution in [2.45, 2.75) is 6.18 Å². The van der Waals surface area contributed by atoms with E-state index in [1.807, 2.05) is 0 Å². The molecule has 0 unspecified atom stereocenters. The molecule has 4 N–H and O–H groups in total. The van der Waals surface area contributed by atoms with Crippen molar-refractivity contribution in [3.05, 3.63) is 59.7 Å². The molecular weight excluding hydrogens is 455 g/mol. The van der Waals surface area contributed by atoms with Gasteiger partial charge in [-0.05, 0) is 48.5 Å². The smallest absolute Gasteiger partial charge is 0.422 e. The van der Waals surface area contributed by atoms with Gasteiger partial charge in [-0.2, -0.15) is 28.1 Å². The van der Waals surface area contributed by atoms with Crippen molar-refractivity contribution in [2.24, 2.45) is 0 Å². The quantitative estimate of drug-likeness (QED) is 0.447. The number of carbonyl (C=O) groups is 2. The van der Waals surface area contributed by atoms with E-state index >= 15 is 0 Å². The van der Waals surface area contributed by atoms with Crippen LogP contribution in [0.5, 0.6) is 6.01 Å². The van der Waals surface area contributed by atoms with E-state index in [9.17, 15) is 22.8 Å². The Morgan fingerprint density at radius 1 is 0.735 bits per heavy atom. The molecule has 0 fully saturated rings. The lowest BCUT2D eigenvalue weighted by Gasteiger charge is -2.12. The standard InChI is InChI=1S/C21H18F3N7O3/c22-21(23,24)11-34-20-30-18-27-14-5-1-12(2-6-14)16(32)25-9-10-26-17(33)13-3-7-15(8-4-13)28-19(29-18)31-20/h1-8H,9-11H2,(H,25,32)(H,26,33)(H2,27,28,29,30,31). The molecule has 7 rings (SSSR count). The van der Waals surface area contributed by atoms with E-state index < -0.39 is 18.8 Å². The zero-order chi connectivity index (χ0) is 24.1. The van der Waals surface area contributed by atoms with Crippen molar-refractivity contribution in [3.63, 3.8) is 0 Å². The summed E-state index contributed by atoms with van der Waals surface area (Å²) in [5.41, 5.74) is 1.70. The zero-order valence-electron chi connectivity index (χ0n) is 17.4. The molecule has 0 saturated heterocycles. The van der Waals surface area contributed by atoms with Gasteiger partial charge in [0.05, 0.1) is 0 Å². The molecule has 0 aliphatic carbocycles. The van der Waals surface area contributed by atoms with Crippen LogP contribution in [0.1, 0.15) is 20.7 Å². The first-order valence-corrected chi connectivity index (χ1v) is 10.0. The molecule has 34 heavy (non-hydrogen) atoms. The summed E-state index contributed by atoms with van der Waals surface area (Å²) in [6, 6.07) is 12.0. The highest BCUT2D eigenvalue weighted by Crippen LogP contribution is 2.22. The van der Waals surface area contributed by atoms with Crippen molar-refractivity contribution in [1.29, 1.82) is 0 Å². The minimum atomic E-state index is -4.58. The summed E-state index contributed by atoms with van der Waals surface area (Å²) in [5, 5.41) is 11.1. The second-order valence-electron chi connectivity index (χ2n) is 7.09. The van der Waals surface area contributed by atoms with Crippen LogP contribution >= 0.6 is 0 Å². The van der Waals surface area contributed by atoms with E-state index in [2.05, 4.69) is 36.2 Å². The highest BCUT2D eigenvalue weighted by molar-refractivity contribution is 5.95. The van der Waals surface area contributed by atoms with Gasteiger partial charge in [-0.3, -0.25) is 9.59 Å². The molecule has 10 nitrogen and oxygen atoms in total. The third kappa shape index (κ3) is 6.09. The van der Waals surface area contributed by atoms with Gasteiger partial charge in [-0.15, -0.1) is 0 Å². The Balaban J connectivity index is 1.67. The highest BCUT2D eigenvalue weighted by Gasteiger charge is 2.29. The average molecular weight is 473 g/mol. The number of nitrogens with one attached hydrogen (secondary N) is 4. The number of alkyl halides is 3. The molecule has 2 amide bonds. The molecule has 176 valence electrons. The summed E-state index contributed by atoms with van der Waals surface area (Å²) in [5.74, 6) is -0.836. The number of ether oxygens (including phenoxy) is 1. The van der Waals surface area contributed by atoms with E-state index in [1.165, 1.54) is 0 Å². The van der Waals surface area contributed by atoms with Gasteiger partial charge in [0.2, 0.25) is 11.9 Å². The number of hydrogen-bond acceptors (Lipinski definition) is 8. The number of amides is 2. The number of benzene rings is 2. The maximum atomic E-state index is 12.6. The van der Waals surface area contributed by atoms with Crippen LogP contribution in [0.2, 0.25) is 0 Å². The second kappa shape index (κ2) is 9.60. The van der Waals surface area contributed by atoms with Crippen LogP contribution in [0.25, 0.3) is 0 Å². The SMILES string of the molecule is O=C1NCCNC(=O)c2ccc(cc2)Nc2nc(nc(OCC(F)(F)F)n2)Nc2ccc1cc2. The molecule has 6 bridgehead atoms. The molecule has 4 aliphatic rings. The van der Waals surface area contributed by atoms with Gasteiger partial charge in [-0.25, -0.2) is 0 Å². The van der Waals surface area contributed by atoms with Crippen molar-refractivity contribution in [3.8, 4) is 6.01 Å². The lowest BCUT2D eigenvalue weighted by atomic mass is 10.2. The fraction of sp³-hybridized carbons (Fsp3) is 0.190. The van der Waals surface area contributed by atoms with Crippen molar-refractivity contribution in [1.82, 2.24) is 25.6 Å². The summed E-state index contributed by atoms with van der Waals surface area (Å²) in [4.78, 5) is 36.5. The summed E-state index contributed by atoms with van der Waals surface area (Å²) in [6.45, 7) is -1.12. The van der Waals surface area contributed by atoms with Gasteiger partial charge in [-0.1, -0.05) is 0 Å². The first kappa shape index (κ1) is 22.8. The molecule has 5 heterocycles. The lowest BCUT2D eigenvalue weighted by molar-refractivity contribution is -0.154. The Morgan fingerprint density at radius 3 is 1.59 bits per heavy atom. The minimum absolute atomic E-state index is 0.0826. The van der Waals surface area contributed by atoms with Gasteiger partial charge in [0, 0.05) is 35.6 Å². The van der Waals surface area contributed by atoms with Gasteiger partial charge in [0.15, 0.2) is 6.61 Å². The van der Waals surface area contributed by atoms with Crippen LogP contribution in [0, 0.1) is 0 Å². The highest BCUT2D eigenvalue weighted by atomic mass is 19.4. The van der Waals surface area contributed by atoms with E-state index in [0.29, 0.717) is 22.5 Å². The van der Waals surface area contributed by atoms with Crippen LogP contribution in [-0.2, 0) is 0 Å². The zero-order valence-corrected chi connectivity index (χ0v) is 17.4. The Bertz CT molecular complexity index is 1100. The van der Waals surface area contributed by atoms with Crippen LogP contribution in [0.15, 0.2) is 48.5 Å². The topological polar surface area (TPSA) is 130 Å². The molecule has 3 aromatic rings. The summed E-state index contributed by atoms with van der Waals surface area (Å²) >= 11 is 0. The molecule has 0 radical (unpaired) electrons. The largest absolute Gasteiger partial charge is 0.454 e. The number of halogens is 3. The maximum Gasteiger partial charge on any atom is 0.422 e. The van der Waals surface area contributed by atoms with Crippen LogP contribution < -0.4 is 26.0 Å². The molecule has 4 aliphatic heterocycles. The molecule has 2 aromatic carbocycles. The maximum absolute atomic E-state index is 12.6. The van der Waals surface area contributed by atoms with E-state index in [0.717, 1.165) is 0 Å². The molecule has 0 atom stereocenters.